The van der Waals surface area contributed by atoms with E-state index in [4.69, 9.17) is 10.5 Å². The first-order valence-corrected chi connectivity index (χ1v) is 4.85. The molecule has 0 bridgehead atoms. The van der Waals surface area contributed by atoms with Gasteiger partial charge in [0.15, 0.2) is 0 Å². The summed E-state index contributed by atoms with van der Waals surface area (Å²) in [7, 11) is 3.12. The van der Waals surface area contributed by atoms with Crippen LogP contribution in [0.15, 0.2) is 0 Å². The maximum atomic E-state index is 11.8. The predicted octanol–water partition coefficient (Wildman–Crippen LogP) is -1.84. The lowest BCUT2D eigenvalue weighted by atomic mass is 10.0. The van der Waals surface area contributed by atoms with E-state index in [0.717, 1.165) is 0 Å². The second-order valence-electron chi connectivity index (χ2n) is 3.68. The molecule has 1 aliphatic heterocycles. The fourth-order valence-corrected chi connectivity index (χ4v) is 1.48. The van der Waals surface area contributed by atoms with E-state index in [1.807, 2.05) is 0 Å². The van der Waals surface area contributed by atoms with E-state index in [1.54, 1.807) is 7.05 Å². The van der Waals surface area contributed by atoms with Crippen LogP contribution in [0, 0.1) is 5.92 Å². The Kier molecular flexibility index (Phi) is 4.05. The Morgan fingerprint density at radius 3 is 2.67 bits per heavy atom. The summed E-state index contributed by atoms with van der Waals surface area (Å²) in [5.74, 6) is -0.651. The summed E-state index contributed by atoms with van der Waals surface area (Å²) in [5.41, 5.74) is 5.71. The van der Waals surface area contributed by atoms with Gasteiger partial charge in [-0.15, -0.1) is 0 Å². The number of rotatable bonds is 3. The molecule has 6 heteroatoms. The Morgan fingerprint density at radius 2 is 2.20 bits per heavy atom. The van der Waals surface area contributed by atoms with Gasteiger partial charge in [0, 0.05) is 20.1 Å². The lowest BCUT2D eigenvalue weighted by Crippen LogP contribution is -2.45. The smallest absolute Gasteiger partial charge is 0.239 e. The van der Waals surface area contributed by atoms with Gasteiger partial charge < -0.3 is 20.7 Å². The Labute approximate surface area is 88.7 Å². The van der Waals surface area contributed by atoms with Crippen LogP contribution in [0.5, 0.6) is 0 Å². The van der Waals surface area contributed by atoms with Gasteiger partial charge in [-0.25, -0.2) is 0 Å². The van der Waals surface area contributed by atoms with E-state index in [1.165, 1.54) is 11.9 Å². The number of nitrogens with zero attached hydrogens (tertiary/aromatic N) is 1. The van der Waals surface area contributed by atoms with Crippen molar-refractivity contribution in [3.63, 3.8) is 0 Å². The van der Waals surface area contributed by atoms with Crippen molar-refractivity contribution in [1.29, 1.82) is 0 Å². The van der Waals surface area contributed by atoms with Crippen molar-refractivity contribution in [3.05, 3.63) is 0 Å². The molecule has 1 saturated heterocycles. The molecule has 0 saturated carbocycles. The first kappa shape index (κ1) is 11.9. The van der Waals surface area contributed by atoms with E-state index < -0.39 is 0 Å². The molecule has 0 aromatic heterocycles. The summed E-state index contributed by atoms with van der Waals surface area (Å²) in [4.78, 5) is 24.2. The maximum absolute atomic E-state index is 11.8. The second kappa shape index (κ2) is 5.09. The fourth-order valence-electron chi connectivity index (χ4n) is 1.48. The third-order valence-corrected chi connectivity index (χ3v) is 2.48. The Balaban J connectivity index is 2.48. The molecule has 86 valence electrons. The van der Waals surface area contributed by atoms with Crippen LogP contribution in [0.25, 0.3) is 0 Å². The van der Waals surface area contributed by atoms with Gasteiger partial charge in [-0.1, -0.05) is 0 Å². The fraction of sp³-hybridized carbons (Fsp3) is 0.778. The second-order valence-corrected chi connectivity index (χ2v) is 3.68. The molecular formula is C9H17N3O3. The maximum Gasteiger partial charge on any atom is 0.239 e. The topological polar surface area (TPSA) is 84.7 Å². The minimum Gasteiger partial charge on any atom is -0.379 e. The van der Waals surface area contributed by atoms with Crippen LogP contribution in [0.4, 0.5) is 0 Å². The normalized spacial score (nSPS) is 25.0. The van der Waals surface area contributed by atoms with Gasteiger partial charge in [0.2, 0.25) is 11.8 Å². The molecular weight excluding hydrogens is 198 g/mol. The van der Waals surface area contributed by atoms with Crippen molar-refractivity contribution in [1.82, 2.24) is 10.2 Å². The summed E-state index contributed by atoms with van der Waals surface area (Å²) in [5, 5.41) is 2.46. The average molecular weight is 215 g/mol. The van der Waals surface area contributed by atoms with E-state index >= 15 is 0 Å². The third kappa shape index (κ3) is 2.90. The van der Waals surface area contributed by atoms with E-state index in [2.05, 4.69) is 5.32 Å². The quantitative estimate of drug-likeness (QED) is 0.579. The van der Waals surface area contributed by atoms with Gasteiger partial charge >= 0.3 is 0 Å². The van der Waals surface area contributed by atoms with Gasteiger partial charge in [-0.2, -0.15) is 0 Å². The number of nitrogens with two attached hydrogens (primary N) is 1. The predicted molar refractivity (Wildman–Crippen MR) is 54.0 cm³/mol. The highest BCUT2D eigenvalue weighted by molar-refractivity contribution is 5.86. The number of nitrogens with one attached hydrogen (secondary N) is 1. The lowest BCUT2D eigenvalue weighted by Gasteiger charge is -2.21. The summed E-state index contributed by atoms with van der Waals surface area (Å²) >= 11 is 0. The summed E-state index contributed by atoms with van der Waals surface area (Å²) in [6, 6.07) is -0.260. The van der Waals surface area contributed by atoms with E-state index in [-0.39, 0.29) is 30.3 Å². The minimum atomic E-state index is -0.320. The molecule has 1 heterocycles. The molecule has 2 amide bonds. The highest BCUT2D eigenvalue weighted by Crippen LogP contribution is 2.13. The zero-order valence-electron chi connectivity index (χ0n) is 9.03. The summed E-state index contributed by atoms with van der Waals surface area (Å²) in [6.07, 6.45) is 0. The molecule has 3 N–H and O–H groups in total. The number of hydrogen-bond donors (Lipinski definition) is 2. The summed E-state index contributed by atoms with van der Waals surface area (Å²) < 4.78 is 5.10. The van der Waals surface area contributed by atoms with Crippen LogP contribution in [0.3, 0.4) is 0 Å². The first-order valence-electron chi connectivity index (χ1n) is 4.85. The Bertz CT molecular complexity index is 257. The van der Waals surface area contributed by atoms with Crippen LogP contribution in [-0.4, -0.2) is 56.6 Å². The first-order chi connectivity index (χ1) is 7.06. The molecule has 1 aliphatic rings. The number of carbonyl (C=O) groups is 2. The van der Waals surface area contributed by atoms with Crippen molar-refractivity contribution in [2.24, 2.45) is 11.7 Å². The van der Waals surface area contributed by atoms with Crippen LogP contribution >= 0.6 is 0 Å². The van der Waals surface area contributed by atoms with Gasteiger partial charge in [-0.05, 0) is 0 Å². The van der Waals surface area contributed by atoms with Crippen LogP contribution in [0.1, 0.15) is 0 Å². The summed E-state index contributed by atoms with van der Waals surface area (Å²) in [6.45, 7) is 0.806. The monoisotopic (exact) mass is 215 g/mol. The van der Waals surface area contributed by atoms with E-state index in [0.29, 0.717) is 13.2 Å². The zero-order chi connectivity index (χ0) is 11.4. The van der Waals surface area contributed by atoms with Gasteiger partial charge in [0.25, 0.3) is 0 Å². The van der Waals surface area contributed by atoms with Crippen LogP contribution in [-0.2, 0) is 14.3 Å². The average Bonchev–Trinajstić information content (AvgIpc) is 2.63. The third-order valence-electron chi connectivity index (χ3n) is 2.48. The van der Waals surface area contributed by atoms with Crippen molar-refractivity contribution in [2.75, 3.05) is 33.9 Å². The lowest BCUT2D eigenvalue weighted by molar-refractivity contribution is -0.138. The van der Waals surface area contributed by atoms with Crippen molar-refractivity contribution in [2.45, 2.75) is 6.04 Å². The Hall–Kier alpha value is -1.14. The molecule has 2 atom stereocenters. The molecule has 2 unspecified atom stereocenters. The van der Waals surface area contributed by atoms with Gasteiger partial charge in [-0.3, -0.25) is 9.59 Å². The number of carbonyl (C=O) groups excluding carboxylic acids is 2. The van der Waals surface area contributed by atoms with Gasteiger partial charge in [0.05, 0.1) is 25.7 Å². The molecule has 0 radical (unpaired) electrons. The Morgan fingerprint density at radius 1 is 1.53 bits per heavy atom. The van der Waals surface area contributed by atoms with Gasteiger partial charge in [0.1, 0.15) is 0 Å². The number of ether oxygens (including phenoxy) is 1. The number of hydrogen-bond acceptors (Lipinski definition) is 4. The number of amides is 2. The standard InChI is InChI=1S/C9H17N3O3/c1-11-8(13)3-12(2)9(14)6-4-15-5-7(6)10/h6-7H,3-5,10H2,1-2H3,(H,11,13). The highest BCUT2D eigenvalue weighted by Gasteiger charge is 2.33. The molecule has 15 heavy (non-hydrogen) atoms. The SMILES string of the molecule is CNC(=O)CN(C)C(=O)C1COCC1N. The highest BCUT2D eigenvalue weighted by atomic mass is 16.5. The molecule has 1 rings (SSSR count). The molecule has 0 aromatic rings. The molecule has 0 aromatic carbocycles. The van der Waals surface area contributed by atoms with Crippen LogP contribution in [0.2, 0.25) is 0 Å². The molecule has 6 nitrogen and oxygen atoms in total. The molecule has 0 aliphatic carbocycles. The van der Waals surface area contributed by atoms with Crippen molar-refractivity contribution < 1.29 is 14.3 Å². The van der Waals surface area contributed by atoms with Crippen molar-refractivity contribution >= 4 is 11.8 Å². The minimum absolute atomic E-state index is 0.0541. The van der Waals surface area contributed by atoms with Crippen molar-refractivity contribution in [3.8, 4) is 0 Å². The number of likely N-dealkylation sites (N-methyl/N-ethyl adjacent to an activating group) is 2. The molecule has 1 fully saturated rings. The van der Waals surface area contributed by atoms with E-state index in [9.17, 15) is 9.59 Å². The largest absolute Gasteiger partial charge is 0.379 e. The molecule has 0 spiro atoms. The zero-order valence-corrected chi connectivity index (χ0v) is 9.03. The van der Waals surface area contributed by atoms with Crippen LogP contribution < -0.4 is 11.1 Å².